The van der Waals surface area contributed by atoms with Gasteiger partial charge in [-0.1, -0.05) is 6.07 Å². The summed E-state index contributed by atoms with van der Waals surface area (Å²) >= 11 is 7.87. The third kappa shape index (κ3) is 3.38. The quantitative estimate of drug-likeness (QED) is 0.647. The lowest BCUT2D eigenvalue weighted by atomic mass is 10.2. The molecule has 1 aliphatic rings. The van der Waals surface area contributed by atoms with Crippen LogP contribution in [0.2, 0.25) is 5.28 Å². The average molecular weight is 373 g/mol. The van der Waals surface area contributed by atoms with Gasteiger partial charge in [-0.05, 0) is 42.8 Å². The van der Waals surface area contributed by atoms with E-state index in [0.717, 1.165) is 33.8 Å². The number of thiophene rings is 1. The normalized spacial score (nSPS) is 18.3. The van der Waals surface area contributed by atoms with Crippen LogP contribution >= 0.6 is 22.9 Å². The molecule has 0 radical (unpaired) electrons. The van der Waals surface area contributed by atoms with E-state index in [2.05, 4.69) is 32.2 Å². The SMILES string of the molecule is CC1COCCN1c1nc(Cl)nc2c(C=Cc3ccccn3)csc12. The molecule has 7 heteroatoms. The molecule has 0 spiro atoms. The van der Waals surface area contributed by atoms with Crippen LogP contribution in [0, 0.1) is 0 Å². The topological polar surface area (TPSA) is 51.1 Å². The number of fused-ring (bicyclic) bond motifs is 1. The third-order valence-electron chi connectivity index (χ3n) is 4.16. The standard InChI is InChI=1S/C18H17ClN4OS/c1-12-10-24-9-8-23(12)17-16-15(21-18(19)22-17)13(11-25-16)5-6-14-4-2-3-7-20-14/h2-7,11-12H,8-10H2,1H3. The Morgan fingerprint density at radius 2 is 2.24 bits per heavy atom. The first-order valence-corrected chi connectivity index (χ1v) is 9.36. The zero-order valence-corrected chi connectivity index (χ0v) is 15.3. The van der Waals surface area contributed by atoms with Crippen molar-refractivity contribution >= 4 is 51.1 Å². The van der Waals surface area contributed by atoms with Crippen molar-refractivity contribution in [2.24, 2.45) is 0 Å². The highest BCUT2D eigenvalue weighted by Crippen LogP contribution is 2.35. The van der Waals surface area contributed by atoms with Crippen LogP contribution in [-0.2, 0) is 4.74 Å². The number of aromatic nitrogens is 3. The summed E-state index contributed by atoms with van der Waals surface area (Å²) in [7, 11) is 0. The van der Waals surface area contributed by atoms with Gasteiger partial charge in [-0.2, -0.15) is 4.98 Å². The van der Waals surface area contributed by atoms with E-state index in [-0.39, 0.29) is 11.3 Å². The Kier molecular flexibility index (Phi) is 4.65. The van der Waals surface area contributed by atoms with E-state index in [1.54, 1.807) is 17.5 Å². The van der Waals surface area contributed by atoms with Crippen LogP contribution in [0.1, 0.15) is 18.2 Å². The molecule has 1 aliphatic heterocycles. The van der Waals surface area contributed by atoms with Crippen molar-refractivity contribution in [2.45, 2.75) is 13.0 Å². The molecule has 0 saturated carbocycles. The predicted octanol–water partition coefficient (Wildman–Crippen LogP) is 4.14. The van der Waals surface area contributed by atoms with Gasteiger partial charge in [-0.25, -0.2) is 4.98 Å². The molecule has 3 aromatic heterocycles. The molecular weight excluding hydrogens is 356 g/mol. The Labute approximate surface area is 155 Å². The van der Waals surface area contributed by atoms with Gasteiger partial charge in [0.05, 0.1) is 35.2 Å². The number of hydrogen-bond acceptors (Lipinski definition) is 6. The zero-order chi connectivity index (χ0) is 17.2. The second-order valence-electron chi connectivity index (χ2n) is 5.89. The Hall–Kier alpha value is -2.02. The molecule has 1 unspecified atom stereocenters. The highest BCUT2D eigenvalue weighted by atomic mass is 35.5. The minimum Gasteiger partial charge on any atom is -0.377 e. The van der Waals surface area contributed by atoms with Gasteiger partial charge in [-0.3, -0.25) is 4.98 Å². The minimum absolute atomic E-state index is 0.262. The first-order valence-electron chi connectivity index (χ1n) is 8.10. The molecule has 4 heterocycles. The van der Waals surface area contributed by atoms with Crippen molar-refractivity contribution in [1.82, 2.24) is 15.0 Å². The van der Waals surface area contributed by atoms with Crippen LogP contribution in [0.3, 0.4) is 0 Å². The van der Waals surface area contributed by atoms with E-state index in [1.807, 2.05) is 30.4 Å². The smallest absolute Gasteiger partial charge is 0.224 e. The maximum absolute atomic E-state index is 6.22. The van der Waals surface area contributed by atoms with Crippen molar-refractivity contribution in [1.29, 1.82) is 0 Å². The number of anilines is 1. The summed E-state index contributed by atoms with van der Waals surface area (Å²) in [5.41, 5.74) is 2.81. The summed E-state index contributed by atoms with van der Waals surface area (Å²) in [5.74, 6) is 0.897. The maximum atomic E-state index is 6.22. The number of ether oxygens (including phenoxy) is 1. The summed E-state index contributed by atoms with van der Waals surface area (Å²) in [5, 5.41) is 2.36. The van der Waals surface area contributed by atoms with Gasteiger partial charge >= 0.3 is 0 Å². The number of pyridine rings is 1. The van der Waals surface area contributed by atoms with Crippen LogP contribution < -0.4 is 4.90 Å². The molecule has 0 aliphatic carbocycles. The van der Waals surface area contributed by atoms with Crippen molar-refractivity contribution in [3.63, 3.8) is 0 Å². The molecular formula is C18H17ClN4OS. The molecule has 4 rings (SSSR count). The first kappa shape index (κ1) is 16.4. The molecule has 3 aromatic rings. The van der Waals surface area contributed by atoms with Gasteiger partial charge in [0.25, 0.3) is 0 Å². The van der Waals surface area contributed by atoms with Gasteiger partial charge < -0.3 is 9.64 Å². The molecule has 1 saturated heterocycles. The Morgan fingerprint density at radius 3 is 3.04 bits per heavy atom. The lowest BCUT2D eigenvalue weighted by Crippen LogP contribution is -2.44. The molecule has 0 bridgehead atoms. The van der Waals surface area contributed by atoms with Gasteiger partial charge in [-0.15, -0.1) is 11.3 Å². The van der Waals surface area contributed by atoms with Crippen LogP contribution in [0.5, 0.6) is 0 Å². The van der Waals surface area contributed by atoms with E-state index < -0.39 is 0 Å². The molecule has 1 atom stereocenters. The first-order chi connectivity index (χ1) is 12.2. The van der Waals surface area contributed by atoms with Crippen molar-refractivity contribution < 1.29 is 4.74 Å². The molecule has 0 amide bonds. The van der Waals surface area contributed by atoms with Crippen LogP contribution in [0.15, 0.2) is 29.8 Å². The fourth-order valence-electron chi connectivity index (χ4n) is 2.90. The number of morpholine rings is 1. The third-order valence-corrected chi connectivity index (χ3v) is 5.31. The summed E-state index contributed by atoms with van der Waals surface area (Å²) in [6.45, 7) is 4.34. The van der Waals surface area contributed by atoms with E-state index >= 15 is 0 Å². The largest absolute Gasteiger partial charge is 0.377 e. The van der Waals surface area contributed by atoms with E-state index in [9.17, 15) is 0 Å². The molecule has 0 N–H and O–H groups in total. The van der Waals surface area contributed by atoms with E-state index in [4.69, 9.17) is 16.3 Å². The number of hydrogen-bond donors (Lipinski definition) is 0. The van der Waals surface area contributed by atoms with Crippen molar-refractivity contribution in [3.05, 3.63) is 46.3 Å². The van der Waals surface area contributed by atoms with Crippen LogP contribution in [0.4, 0.5) is 5.82 Å². The zero-order valence-electron chi connectivity index (χ0n) is 13.7. The number of rotatable bonds is 3. The molecule has 0 aromatic carbocycles. The van der Waals surface area contributed by atoms with Gasteiger partial charge in [0, 0.05) is 23.7 Å². The Morgan fingerprint density at radius 1 is 1.32 bits per heavy atom. The lowest BCUT2D eigenvalue weighted by Gasteiger charge is -2.34. The molecule has 128 valence electrons. The van der Waals surface area contributed by atoms with Crippen LogP contribution in [0.25, 0.3) is 22.4 Å². The Bertz CT molecular complexity index is 912. The highest BCUT2D eigenvalue weighted by molar-refractivity contribution is 7.18. The minimum atomic E-state index is 0.262. The van der Waals surface area contributed by atoms with E-state index in [1.165, 1.54) is 0 Å². The van der Waals surface area contributed by atoms with Gasteiger partial charge in [0.2, 0.25) is 5.28 Å². The maximum Gasteiger partial charge on any atom is 0.224 e. The monoisotopic (exact) mass is 372 g/mol. The van der Waals surface area contributed by atoms with E-state index in [0.29, 0.717) is 13.2 Å². The van der Waals surface area contributed by atoms with Gasteiger partial charge in [0.1, 0.15) is 0 Å². The van der Waals surface area contributed by atoms with Crippen molar-refractivity contribution in [2.75, 3.05) is 24.7 Å². The summed E-state index contributed by atoms with van der Waals surface area (Å²) < 4.78 is 6.59. The average Bonchev–Trinajstić information content (AvgIpc) is 3.03. The van der Waals surface area contributed by atoms with Gasteiger partial charge in [0.15, 0.2) is 5.82 Å². The fourth-order valence-corrected chi connectivity index (χ4v) is 4.04. The summed E-state index contributed by atoms with van der Waals surface area (Å²) in [6, 6.07) is 6.10. The second-order valence-corrected chi connectivity index (χ2v) is 7.11. The summed E-state index contributed by atoms with van der Waals surface area (Å²) in [6.07, 6.45) is 5.79. The molecule has 1 fully saturated rings. The summed E-state index contributed by atoms with van der Waals surface area (Å²) in [4.78, 5) is 15.5. The van der Waals surface area contributed by atoms with Crippen LogP contribution in [-0.4, -0.2) is 40.8 Å². The second kappa shape index (κ2) is 7.07. The highest BCUT2D eigenvalue weighted by Gasteiger charge is 2.24. The Balaban J connectivity index is 1.75. The van der Waals surface area contributed by atoms with Crippen molar-refractivity contribution in [3.8, 4) is 0 Å². The molecule has 25 heavy (non-hydrogen) atoms. The lowest BCUT2D eigenvalue weighted by molar-refractivity contribution is 0.0987. The number of halogens is 1. The fraction of sp³-hybridized carbons (Fsp3) is 0.278. The molecule has 5 nitrogen and oxygen atoms in total. The number of nitrogens with zero attached hydrogens (tertiary/aromatic N) is 4. The predicted molar refractivity (Wildman–Crippen MR) is 103 cm³/mol.